The molecule has 0 unspecified atom stereocenters. The topological polar surface area (TPSA) is 35.5 Å². The van der Waals surface area contributed by atoms with E-state index in [-0.39, 0.29) is 19.9 Å². The molecular weight excluding hydrogens is 230 g/mol. The van der Waals surface area contributed by atoms with Gasteiger partial charge in [0.2, 0.25) is 0 Å². The first-order valence-corrected chi connectivity index (χ1v) is 8.89. The molecule has 0 amide bonds. The summed E-state index contributed by atoms with van der Waals surface area (Å²) in [6.07, 6.45) is -2.61. The number of rotatable bonds is 1. The SMILES string of the molecule is C[Se]P1(=O)OCC(C)(C)CO1. The van der Waals surface area contributed by atoms with Gasteiger partial charge in [-0.3, -0.25) is 0 Å². The zero-order valence-electron chi connectivity index (χ0n) is 6.99. The Kier molecular flexibility index (Phi) is 2.83. The zero-order valence-corrected chi connectivity index (χ0v) is 9.60. The molecule has 0 spiro atoms. The van der Waals surface area contributed by atoms with E-state index in [1.165, 1.54) is 0 Å². The van der Waals surface area contributed by atoms with Crippen molar-refractivity contribution in [3.63, 3.8) is 0 Å². The molecule has 0 atom stereocenters. The van der Waals surface area contributed by atoms with Crippen LogP contribution in [0.15, 0.2) is 0 Å². The molecular formula is C6H13O3PSe. The fourth-order valence-corrected chi connectivity index (χ4v) is 3.98. The molecule has 1 aliphatic rings. The summed E-state index contributed by atoms with van der Waals surface area (Å²) in [5.41, 5.74) is 0.0269. The van der Waals surface area contributed by atoms with E-state index in [4.69, 9.17) is 9.05 Å². The average Bonchev–Trinajstić information content (AvgIpc) is 1.97. The second kappa shape index (κ2) is 3.20. The van der Waals surface area contributed by atoms with Crippen molar-refractivity contribution in [2.24, 2.45) is 5.41 Å². The Balaban J connectivity index is 2.55. The Morgan fingerprint density at radius 1 is 1.36 bits per heavy atom. The predicted octanol–water partition coefficient (Wildman–Crippen LogP) is 1.92. The van der Waals surface area contributed by atoms with Gasteiger partial charge < -0.3 is 0 Å². The van der Waals surface area contributed by atoms with Crippen LogP contribution in [0.4, 0.5) is 0 Å². The van der Waals surface area contributed by atoms with Crippen LogP contribution in [0.3, 0.4) is 0 Å². The van der Waals surface area contributed by atoms with Crippen molar-refractivity contribution in [1.29, 1.82) is 0 Å². The third-order valence-corrected chi connectivity index (χ3v) is 6.93. The Morgan fingerprint density at radius 3 is 2.18 bits per heavy atom. The third-order valence-electron chi connectivity index (χ3n) is 1.45. The summed E-state index contributed by atoms with van der Waals surface area (Å²) in [6, 6.07) is 0. The van der Waals surface area contributed by atoms with Crippen molar-refractivity contribution in [2.45, 2.75) is 19.7 Å². The number of hydrogen-bond acceptors (Lipinski definition) is 3. The summed E-state index contributed by atoms with van der Waals surface area (Å²) in [5, 5.41) is 0. The van der Waals surface area contributed by atoms with Gasteiger partial charge >= 0.3 is 72.7 Å². The van der Waals surface area contributed by atoms with E-state index in [0.717, 1.165) is 0 Å². The van der Waals surface area contributed by atoms with Gasteiger partial charge in [0.15, 0.2) is 0 Å². The van der Waals surface area contributed by atoms with Crippen molar-refractivity contribution in [1.82, 2.24) is 0 Å². The van der Waals surface area contributed by atoms with E-state index in [0.29, 0.717) is 13.2 Å². The van der Waals surface area contributed by atoms with Crippen molar-refractivity contribution >= 4 is 20.8 Å². The monoisotopic (exact) mass is 244 g/mol. The van der Waals surface area contributed by atoms with Crippen molar-refractivity contribution < 1.29 is 13.6 Å². The minimum absolute atomic E-state index is 0.0269. The predicted molar refractivity (Wildman–Crippen MR) is 44.9 cm³/mol. The summed E-state index contributed by atoms with van der Waals surface area (Å²) in [4.78, 5) is 0. The molecule has 66 valence electrons. The molecule has 0 aromatic rings. The minimum atomic E-state index is -2.61. The molecule has 0 aromatic carbocycles. The van der Waals surface area contributed by atoms with Gasteiger partial charge in [-0.2, -0.15) is 0 Å². The molecule has 1 rings (SSSR count). The molecule has 1 aliphatic heterocycles. The number of hydrogen-bond donors (Lipinski definition) is 0. The Morgan fingerprint density at radius 2 is 1.82 bits per heavy atom. The van der Waals surface area contributed by atoms with Gasteiger partial charge in [-0.25, -0.2) is 0 Å². The van der Waals surface area contributed by atoms with Gasteiger partial charge in [0.1, 0.15) is 0 Å². The molecule has 3 nitrogen and oxygen atoms in total. The van der Waals surface area contributed by atoms with Crippen molar-refractivity contribution in [3.8, 4) is 0 Å². The van der Waals surface area contributed by atoms with Crippen LogP contribution in [-0.4, -0.2) is 27.7 Å². The summed E-state index contributed by atoms with van der Waals surface area (Å²) < 4.78 is 21.9. The molecule has 1 heterocycles. The van der Waals surface area contributed by atoms with E-state index in [2.05, 4.69) is 0 Å². The summed E-state index contributed by atoms with van der Waals surface area (Å²) in [5.74, 6) is 1.88. The maximum absolute atomic E-state index is 11.5. The first kappa shape index (κ1) is 9.76. The van der Waals surface area contributed by atoms with E-state index in [1.807, 2.05) is 19.7 Å². The van der Waals surface area contributed by atoms with Gasteiger partial charge in [0.25, 0.3) is 0 Å². The Labute approximate surface area is 73.1 Å². The summed E-state index contributed by atoms with van der Waals surface area (Å²) in [6.45, 7) is 5.19. The second-order valence-electron chi connectivity index (χ2n) is 3.34. The van der Waals surface area contributed by atoms with Gasteiger partial charge in [-0.1, -0.05) is 0 Å². The van der Waals surface area contributed by atoms with Crippen LogP contribution >= 0.6 is 6.29 Å². The molecule has 0 aliphatic carbocycles. The van der Waals surface area contributed by atoms with E-state index >= 15 is 0 Å². The van der Waals surface area contributed by atoms with Crippen LogP contribution in [0, 0.1) is 5.41 Å². The van der Waals surface area contributed by atoms with Crippen LogP contribution < -0.4 is 0 Å². The molecule has 0 bridgehead atoms. The molecule has 0 radical (unpaired) electrons. The van der Waals surface area contributed by atoms with Crippen LogP contribution in [0.25, 0.3) is 0 Å². The first-order valence-electron chi connectivity index (χ1n) is 3.42. The van der Waals surface area contributed by atoms with Gasteiger partial charge in [-0.15, -0.1) is 0 Å². The van der Waals surface area contributed by atoms with E-state index in [1.54, 1.807) is 0 Å². The second-order valence-corrected chi connectivity index (χ2v) is 10.2. The van der Waals surface area contributed by atoms with Gasteiger partial charge in [0.05, 0.1) is 0 Å². The third kappa shape index (κ3) is 2.57. The van der Waals surface area contributed by atoms with Crippen molar-refractivity contribution in [2.75, 3.05) is 13.2 Å². The Bertz CT molecular complexity index is 178. The standard InChI is InChI=1S/C6H13O3PSe/c1-6(2)4-8-10(7,11-3)9-5-6/h4-5H2,1-3H3. The van der Waals surface area contributed by atoms with E-state index in [9.17, 15) is 4.57 Å². The average molecular weight is 243 g/mol. The van der Waals surface area contributed by atoms with Crippen molar-refractivity contribution in [3.05, 3.63) is 0 Å². The fraction of sp³-hybridized carbons (Fsp3) is 1.00. The van der Waals surface area contributed by atoms with Crippen LogP contribution in [0.1, 0.15) is 13.8 Å². The molecule has 0 saturated carbocycles. The fourth-order valence-electron chi connectivity index (χ4n) is 0.692. The normalized spacial score (nSPS) is 28.3. The molecule has 1 fully saturated rings. The first-order chi connectivity index (χ1) is 4.97. The van der Waals surface area contributed by atoms with Gasteiger partial charge in [0, 0.05) is 0 Å². The molecule has 11 heavy (non-hydrogen) atoms. The van der Waals surface area contributed by atoms with Crippen LogP contribution in [0.2, 0.25) is 5.82 Å². The zero-order chi connectivity index (χ0) is 8.54. The summed E-state index contributed by atoms with van der Waals surface area (Å²) in [7, 11) is 0. The molecule has 0 aromatic heterocycles. The summed E-state index contributed by atoms with van der Waals surface area (Å²) >= 11 is -0.0382. The van der Waals surface area contributed by atoms with Crippen LogP contribution in [0.5, 0.6) is 0 Å². The quantitative estimate of drug-likeness (QED) is 0.521. The van der Waals surface area contributed by atoms with Crippen LogP contribution in [-0.2, 0) is 13.6 Å². The molecule has 1 saturated heterocycles. The molecule has 0 N–H and O–H groups in total. The maximum atomic E-state index is 11.5. The molecule has 5 heteroatoms. The Hall–Kier alpha value is 0.669. The van der Waals surface area contributed by atoms with Gasteiger partial charge in [-0.05, 0) is 0 Å². The van der Waals surface area contributed by atoms with E-state index < -0.39 is 6.29 Å².